The second-order valence-corrected chi connectivity index (χ2v) is 12.8. The third kappa shape index (κ3) is 8.39. The average molecular weight is 675 g/mol. The molecule has 5 rings (SSSR count). The van der Waals surface area contributed by atoms with E-state index in [2.05, 4.69) is 18.7 Å². The van der Waals surface area contributed by atoms with Gasteiger partial charge in [-0.3, -0.25) is 0 Å². The molecule has 3 aromatic carbocycles. The van der Waals surface area contributed by atoms with Crippen LogP contribution in [0.4, 0.5) is 35.1 Å². The number of halogens is 8. The van der Waals surface area contributed by atoms with Crippen LogP contribution in [0.1, 0.15) is 92.7 Å². The first-order valence-electron chi connectivity index (χ1n) is 16.5. The Kier molecular flexibility index (Phi) is 11.8. The van der Waals surface area contributed by atoms with Crippen molar-refractivity contribution in [1.82, 2.24) is 0 Å². The molecule has 3 aromatic rings. The molecular formula is C39H38F8O. The van der Waals surface area contributed by atoms with Gasteiger partial charge in [0, 0.05) is 16.7 Å². The number of allylic oxidation sites excluding steroid dienone is 3. The summed E-state index contributed by atoms with van der Waals surface area (Å²) in [6, 6.07) is 5.87. The summed E-state index contributed by atoms with van der Waals surface area (Å²) >= 11 is 0. The Morgan fingerprint density at radius 1 is 0.688 bits per heavy atom. The van der Waals surface area contributed by atoms with Gasteiger partial charge in [-0.25, -0.2) is 26.3 Å². The van der Waals surface area contributed by atoms with E-state index in [1.54, 1.807) is 6.08 Å². The van der Waals surface area contributed by atoms with Gasteiger partial charge in [0.25, 0.3) is 0 Å². The fraction of sp³-hybridized carbons (Fsp3) is 0.385. The van der Waals surface area contributed by atoms with E-state index in [9.17, 15) is 26.3 Å². The minimum atomic E-state index is -1.47. The lowest BCUT2D eigenvalue weighted by atomic mass is 9.76. The first-order chi connectivity index (χ1) is 23.0. The molecule has 0 radical (unpaired) electrons. The number of hydrogen-bond donors (Lipinski definition) is 0. The Balaban J connectivity index is 1.16. The van der Waals surface area contributed by atoms with Crippen molar-refractivity contribution in [3.8, 4) is 11.1 Å². The molecule has 2 aliphatic rings. The van der Waals surface area contributed by atoms with Crippen molar-refractivity contribution in [3.63, 3.8) is 0 Å². The smallest absolute Gasteiger partial charge is 0.309 e. The van der Waals surface area contributed by atoms with Crippen molar-refractivity contribution in [1.29, 1.82) is 0 Å². The van der Waals surface area contributed by atoms with E-state index < -0.39 is 52.3 Å². The van der Waals surface area contributed by atoms with E-state index >= 15 is 8.78 Å². The molecule has 48 heavy (non-hydrogen) atoms. The summed E-state index contributed by atoms with van der Waals surface area (Å²) in [5.41, 5.74) is -0.145. The normalized spacial score (nSPS) is 22.1. The Bertz CT molecular complexity index is 1620. The molecule has 0 spiro atoms. The quantitative estimate of drug-likeness (QED) is 0.0647. The van der Waals surface area contributed by atoms with Gasteiger partial charge >= 0.3 is 6.01 Å². The predicted molar refractivity (Wildman–Crippen MR) is 171 cm³/mol. The first-order valence-corrected chi connectivity index (χ1v) is 16.5. The highest BCUT2D eigenvalue weighted by atomic mass is 19.2. The molecule has 2 fully saturated rings. The number of rotatable bonds is 11. The van der Waals surface area contributed by atoms with Gasteiger partial charge in [0.15, 0.2) is 17.5 Å². The van der Waals surface area contributed by atoms with Crippen LogP contribution >= 0.6 is 0 Å². The molecule has 0 unspecified atom stereocenters. The van der Waals surface area contributed by atoms with Gasteiger partial charge in [-0.1, -0.05) is 30.4 Å². The zero-order valence-electron chi connectivity index (χ0n) is 26.5. The number of ether oxygens (including phenoxy) is 1. The Morgan fingerprint density at radius 3 is 1.79 bits per heavy atom. The van der Waals surface area contributed by atoms with E-state index in [4.69, 9.17) is 4.74 Å². The van der Waals surface area contributed by atoms with E-state index in [0.29, 0.717) is 37.2 Å². The highest BCUT2D eigenvalue weighted by Gasteiger charge is 2.28. The molecule has 2 saturated carbocycles. The molecule has 0 amide bonds. The van der Waals surface area contributed by atoms with Crippen molar-refractivity contribution in [2.24, 2.45) is 11.8 Å². The van der Waals surface area contributed by atoms with Gasteiger partial charge in [-0.15, -0.1) is 6.58 Å². The van der Waals surface area contributed by atoms with Crippen LogP contribution in [0.3, 0.4) is 0 Å². The summed E-state index contributed by atoms with van der Waals surface area (Å²) in [5.74, 6) is -7.47. The average Bonchev–Trinajstić information content (AvgIpc) is 3.08. The van der Waals surface area contributed by atoms with Crippen LogP contribution in [0.15, 0.2) is 73.3 Å². The third-order valence-electron chi connectivity index (χ3n) is 9.65. The van der Waals surface area contributed by atoms with Gasteiger partial charge in [0.2, 0.25) is 5.83 Å². The van der Waals surface area contributed by atoms with Gasteiger partial charge in [-0.2, -0.15) is 8.78 Å². The summed E-state index contributed by atoms with van der Waals surface area (Å²) in [7, 11) is 0. The molecule has 9 heteroatoms. The predicted octanol–water partition coefficient (Wildman–Crippen LogP) is 12.5. The van der Waals surface area contributed by atoms with Gasteiger partial charge < -0.3 is 4.74 Å². The first kappa shape index (κ1) is 35.4. The van der Waals surface area contributed by atoms with Crippen molar-refractivity contribution >= 4 is 5.83 Å². The van der Waals surface area contributed by atoms with Gasteiger partial charge in [0.05, 0.1) is 6.61 Å². The Labute approximate surface area is 276 Å². The lowest BCUT2D eigenvalue weighted by molar-refractivity contribution is 0.142. The SMILES string of the molecule is C=CCCCOC(F)=C(F)c1ccc(-c2cc(F)c(C3CCC(C=CC4CCC(c5cc(F)c(F)c(F)c5)CC4)CC3)c(F)c2)c(F)c1. The molecule has 0 bridgehead atoms. The van der Waals surface area contributed by atoms with Crippen LogP contribution in [-0.4, -0.2) is 6.61 Å². The molecule has 0 saturated heterocycles. The summed E-state index contributed by atoms with van der Waals surface area (Å²) in [5, 5.41) is 0. The molecule has 0 aliphatic heterocycles. The molecular weight excluding hydrogens is 636 g/mol. The van der Waals surface area contributed by atoms with Crippen molar-refractivity contribution in [3.05, 3.63) is 125 Å². The maximum atomic E-state index is 15.3. The lowest BCUT2D eigenvalue weighted by Crippen LogP contribution is -2.15. The zero-order valence-corrected chi connectivity index (χ0v) is 26.5. The van der Waals surface area contributed by atoms with Crippen LogP contribution < -0.4 is 0 Å². The lowest BCUT2D eigenvalue weighted by Gasteiger charge is -2.29. The summed E-state index contributed by atoms with van der Waals surface area (Å²) in [4.78, 5) is 0. The molecule has 0 N–H and O–H groups in total. The van der Waals surface area contributed by atoms with E-state index in [0.717, 1.165) is 81.0 Å². The van der Waals surface area contributed by atoms with Crippen molar-refractivity contribution < 1.29 is 39.9 Å². The van der Waals surface area contributed by atoms with Crippen LogP contribution in [-0.2, 0) is 4.74 Å². The maximum Gasteiger partial charge on any atom is 0.309 e. The fourth-order valence-electron chi connectivity index (χ4n) is 6.95. The van der Waals surface area contributed by atoms with Crippen LogP contribution in [0.2, 0.25) is 0 Å². The second kappa shape index (κ2) is 16.0. The molecule has 0 atom stereocenters. The highest BCUT2D eigenvalue weighted by Crippen LogP contribution is 2.42. The molecule has 1 nitrogen and oxygen atoms in total. The summed E-state index contributed by atoms with van der Waals surface area (Å²) < 4.78 is 120. The van der Waals surface area contributed by atoms with Crippen molar-refractivity contribution in [2.75, 3.05) is 6.61 Å². The number of hydrogen-bond acceptors (Lipinski definition) is 1. The number of benzene rings is 3. The topological polar surface area (TPSA) is 9.23 Å². The standard InChI is InChI=1S/C39H38F8O/c1-2-3-4-17-48-39(47)37(45)27-15-16-30(31(40)18-27)29-21-32(41)36(33(42)22-29)26-13-9-24(10-14-26)6-5-23-7-11-25(12-8-23)28-19-34(43)38(46)35(44)20-28/h2,5-6,15-16,18-26H,1,3-4,7-14,17H2. The Hall–Kier alpha value is -3.88. The molecule has 256 valence electrons. The minimum Gasteiger partial charge on any atom is -0.469 e. The zero-order chi connectivity index (χ0) is 34.4. The van der Waals surface area contributed by atoms with Crippen LogP contribution in [0.5, 0.6) is 0 Å². The fourth-order valence-corrected chi connectivity index (χ4v) is 6.95. The summed E-state index contributed by atoms with van der Waals surface area (Å²) in [6.07, 6.45) is 12.8. The monoisotopic (exact) mass is 674 g/mol. The molecule has 2 aliphatic carbocycles. The Morgan fingerprint density at radius 2 is 1.25 bits per heavy atom. The maximum absolute atomic E-state index is 15.3. The van der Waals surface area contributed by atoms with E-state index in [1.807, 2.05) is 0 Å². The summed E-state index contributed by atoms with van der Waals surface area (Å²) in [6.45, 7) is 3.45. The second-order valence-electron chi connectivity index (χ2n) is 12.8. The molecule has 0 heterocycles. The van der Waals surface area contributed by atoms with Crippen molar-refractivity contribution in [2.45, 2.75) is 76.0 Å². The van der Waals surface area contributed by atoms with Crippen LogP contribution in [0.25, 0.3) is 17.0 Å². The van der Waals surface area contributed by atoms with E-state index in [-0.39, 0.29) is 41.1 Å². The van der Waals surface area contributed by atoms with Crippen LogP contribution in [0, 0.1) is 46.7 Å². The van der Waals surface area contributed by atoms with E-state index in [1.165, 1.54) is 0 Å². The molecule has 0 aromatic heterocycles. The van der Waals surface area contributed by atoms with Gasteiger partial charge in [0.1, 0.15) is 17.5 Å². The third-order valence-corrected chi connectivity index (χ3v) is 9.65. The largest absolute Gasteiger partial charge is 0.469 e. The highest BCUT2D eigenvalue weighted by molar-refractivity contribution is 5.69. The van der Waals surface area contributed by atoms with Gasteiger partial charge in [-0.05, 0) is 129 Å². The number of unbranched alkanes of at least 4 members (excludes halogenated alkanes) is 1. The minimum absolute atomic E-state index is 0.0194.